The third-order valence-electron chi connectivity index (χ3n) is 6.39. The number of amides is 1. The van der Waals surface area contributed by atoms with E-state index in [1.54, 1.807) is 0 Å². The molecular formula is C23H38IN5O. The van der Waals surface area contributed by atoms with Crippen LogP contribution in [0.4, 0.5) is 0 Å². The highest BCUT2D eigenvalue weighted by Gasteiger charge is 2.24. The molecule has 2 atom stereocenters. The van der Waals surface area contributed by atoms with Gasteiger partial charge in [0, 0.05) is 45.7 Å². The van der Waals surface area contributed by atoms with Gasteiger partial charge in [0.25, 0.3) is 0 Å². The Bertz CT molecular complexity index is 711. The number of nitrogens with two attached hydrogens (primary N) is 1. The molecule has 2 aliphatic heterocycles. The Morgan fingerprint density at radius 3 is 2.63 bits per heavy atom. The van der Waals surface area contributed by atoms with Crippen molar-refractivity contribution in [3.63, 3.8) is 0 Å². The van der Waals surface area contributed by atoms with Crippen molar-refractivity contribution >= 4 is 35.8 Å². The Kier molecular flexibility index (Phi) is 10.4. The van der Waals surface area contributed by atoms with Crippen LogP contribution < -0.4 is 11.1 Å². The minimum absolute atomic E-state index is 0. The molecule has 6 nitrogen and oxygen atoms in total. The highest BCUT2D eigenvalue weighted by Crippen LogP contribution is 2.22. The highest BCUT2D eigenvalue weighted by atomic mass is 127. The second-order valence-corrected chi connectivity index (χ2v) is 8.61. The van der Waals surface area contributed by atoms with Gasteiger partial charge in [-0.1, -0.05) is 30.7 Å². The van der Waals surface area contributed by atoms with E-state index in [-0.39, 0.29) is 29.9 Å². The number of benzene rings is 1. The van der Waals surface area contributed by atoms with E-state index in [4.69, 9.17) is 5.73 Å². The SMILES string of the molecule is CN=C(NCc1ccccc1CN1CCCCC1C)N1CCCC(CC(N)=O)C1.I. The number of rotatable bonds is 6. The van der Waals surface area contributed by atoms with E-state index < -0.39 is 0 Å². The van der Waals surface area contributed by atoms with E-state index in [9.17, 15) is 4.79 Å². The van der Waals surface area contributed by atoms with Crippen LogP contribution in [0, 0.1) is 5.92 Å². The van der Waals surface area contributed by atoms with Crippen LogP contribution in [0.25, 0.3) is 0 Å². The zero-order valence-corrected chi connectivity index (χ0v) is 20.8. The Labute approximate surface area is 198 Å². The van der Waals surface area contributed by atoms with Gasteiger partial charge in [-0.25, -0.2) is 0 Å². The molecule has 1 amide bonds. The zero-order valence-electron chi connectivity index (χ0n) is 18.5. The van der Waals surface area contributed by atoms with Crippen molar-refractivity contribution in [3.8, 4) is 0 Å². The Morgan fingerprint density at radius 2 is 1.93 bits per heavy atom. The Balaban J connectivity index is 0.00000320. The Morgan fingerprint density at radius 1 is 1.17 bits per heavy atom. The van der Waals surface area contributed by atoms with Crippen molar-refractivity contribution in [3.05, 3.63) is 35.4 Å². The highest BCUT2D eigenvalue weighted by molar-refractivity contribution is 14.0. The molecule has 30 heavy (non-hydrogen) atoms. The monoisotopic (exact) mass is 527 g/mol. The standard InChI is InChI=1S/C23H37N5O.HI/c1-18-8-5-6-12-27(18)17-21-11-4-3-10-20(21)15-26-23(25-2)28-13-7-9-19(16-28)14-22(24)29;/h3-4,10-11,18-19H,5-9,12-17H2,1-2H3,(H2,24,29)(H,25,26);1H. The summed E-state index contributed by atoms with van der Waals surface area (Å²) in [6, 6.07) is 9.39. The van der Waals surface area contributed by atoms with Crippen LogP contribution in [0.1, 0.15) is 56.6 Å². The van der Waals surface area contributed by atoms with Crippen LogP contribution in [-0.4, -0.2) is 54.4 Å². The largest absolute Gasteiger partial charge is 0.370 e. The molecule has 0 bridgehead atoms. The molecule has 2 aliphatic rings. The molecule has 0 aromatic heterocycles. The molecule has 2 saturated heterocycles. The number of primary amides is 1. The maximum atomic E-state index is 11.3. The first kappa shape index (κ1) is 24.9. The summed E-state index contributed by atoms with van der Waals surface area (Å²) in [5.74, 6) is 1.04. The molecule has 0 spiro atoms. The number of piperidine rings is 2. The minimum atomic E-state index is -0.208. The van der Waals surface area contributed by atoms with Gasteiger partial charge in [0.15, 0.2) is 5.96 Å². The van der Waals surface area contributed by atoms with Gasteiger partial charge in [-0.15, -0.1) is 24.0 Å². The van der Waals surface area contributed by atoms with Gasteiger partial charge in [0.2, 0.25) is 5.91 Å². The third kappa shape index (κ3) is 7.11. The van der Waals surface area contributed by atoms with Crippen molar-refractivity contribution in [2.45, 2.75) is 64.6 Å². The van der Waals surface area contributed by atoms with Gasteiger partial charge in [-0.3, -0.25) is 14.7 Å². The lowest BCUT2D eigenvalue weighted by Crippen LogP contribution is -2.47. The fourth-order valence-corrected chi connectivity index (χ4v) is 4.71. The van der Waals surface area contributed by atoms with E-state index in [1.807, 2.05) is 7.05 Å². The van der Waals surface area contributed by atoms with E-state index in [0.717, 1.165) is 45.0 Å². The van der Waals surface area contributed by atoms with Crippen LogP contribution in [0.3, 0.4) is 0 Å². The van der Waals surface area contributed by atoms with Crippen molar-refractivity contribution in [2.75, 3.05) is 26.7 Å². The minimum Gasteiger partial charge on any atom is -0.370 e. The Hall–Kier alpha value is -1.35. The molecule has 2 heterocycles. The van der Waals surface area contributed by atoms with Crippen LogP contribution in [0.2, 0.25) is 0 Å². The van der Waals surface area contributed by atoms with Gasteiger partial charge < -0.3 is 16.0 Å². The summed E-state index contributed by atoms with van der Waals surface area (Å²) < 4.78 is 0. The number of carbonyl (C=O) groups is 1. The number of nitrogens with one attached hydrogen (secondary N) is 1. The number of guanidine groups is 1. The summed E-state index contributed by atoms with van der Waals surface area (Å²) in [5.41, 5.74) is 8.14. The molecule has 2 unspecified atom stereocenters. The fraction of sp³-hybridized carbons (Fsp3) is 0.652. The molecule has 2 fully saturated rings. The van der Waals surface area contributed by atoms with Crippen LogP contribution in [-0.2, 0) is 17.9 Å². The number of nitrogens with zero attached hydrogens (tertiary/aromatic N) is 3. The summed E-state index contributed by atoms with van der Waals surface area (Å²) in [6.07, 6.45) is 6.55. The number of halogens is 1. The van der Waals surface area contributed by atoms with Gasteiger partial charge in [-0.05, 0) is 56.2 Å². The van der Waals surface area contributed by atoms with Crippen LogP contribution >= 0.6 is 24.0 Å². The predicted molar refractivity (Wildman–Crippen MR) is 134 cm³/mol. The zero-order chi connectivity index (χ0) is 20.6. The second-order valence-electron chi connectivity index (χ2n) is 8.61. The lowest BCUT2D eigenvalue weighted by atomic mass is 9.95. The number of aliphatic imine (C=N–C) groups is 1. The summed E-state index contributed by atoms with van der Waals surface area (Å²) in [6.45, 7) is 7.14. The third-order valence-corrected chi connectivity index (χ3v) is 6.39. The van der Waals surface area contributed by atoms with Crippen molar-refractivity contribution in [1.29, 1.82) is 0 Å². The number of hydrogen-bond acceptors (Lipinski definition) is 3. The lowest BCUT2D eigenvalue weighted by Gasteiger charge is -2.35. The van der Waals surface area contributed by atoms with Gasteiger partial charge in [0.05, 0.1) is 0 Å². The topological polar surface area (TPSA) is 74.0 Å². The molecule has 1 aromatic carbocycles. The maximum Gasteiger partial charge on any atom is 0.217 e. The van der Waals surface area contributed by atoms with E-state index in [1.165, 1.54) is 36.9 Å². The van der Waals surface area contributed by atoms with E-state index in [2.05, 4.69) is 51.3 Å². The first-order valence-corrected chi connectivity index (χ1v) is 11.1. The molecule has 7 heteroatoms. The molecule has 168 valence electrons. The van der Waals surface area contributed by atoms with E-state index >= 15 is 0 Å². The summed E-state index contributed by atoms with van der Waals surface area (Å²) >= 11 is 0. The fourth-order valence-electron chi connectivity index (χ4n) is 4.71. The lowest BCUT2D eigenvalue weighted by molar-refractivity contribution is -0.119. The molecule has 0 aliphatic carbocycles. The van der Waals surface area contributed by atoms with Crippen molar-refractivity contribution in [1.82, 2.24) is 15.1 Å². The van der Waals surface area contributed by atoms with Gasteiger partial charge in [-0.2, -0.15) is 0 Å². The number of carbonyl (C=O) groups excluding carboxylic acids is 1. The smallest absolute Gasteiger partial charge is 0.217 e. The molecule has 1 aromatic rings. The predicted octanol–water partition coefficient (Wildman–Crippen LogP) is 3.34. The normalized spacial score (nSPS) is 23.0. The molecule has 0 radical (unpaired) electrons. The molecule has 3 N–H and O–H groups in total. The molecule has 0 saturated carbocycles. The maximum absolute atomic E-state index is 11.3. The molecule has 3 rings (SSSR count). The summed E-state index contributed by atoms with van der Waals surface area (Å²) in [7, 11) is 1.83. The second kappa shape index (κ2) is 12.5. The molecular weight excluding hydrogens is 489 g/mol. The average molecular weight is 527 g/mol. The first-order chi connectivity index (χ1) is 14.1. The first-order valence-electron chi connectivity index (χ1n) is 11.1. The van der Waals surface area contributed by atoms with Crippen molar-refractivity contribution in [2.24, 2.45) is 16.6 Å². The van der Waals surface area contributed by atoms with E-state index in [0.29, 0.717) is 18.4 Å². The van der Waals surface area contributed by atoms with Crippen molar-refractivity contribution < 1.29 is 4.79 Å². The van der Waals surface area contributed by atoms with Gasteiger partial charge >= 0.3 is 0 Å². The average Bonchev–Trinajstić information content (AvgIpc) is 2.71. The van der Waals surface area contributed by atoms with Crippen LogP contribution in [0.15, 0.2) is 29.3 Å². The van der Waals surface area contributed by atoms with Gasteiger partial charge in [0.1, 0.15) is 0 Å². The summed E-state index contributed by atoms with van der Waals surface area (Å²) in [5, 5.41) is 3.56. The van der Waals surface area contributed by atoms with Crippen LogP contribution in [0.5, 0.6) is 0 Å². The number of likely N-dealkylation sites (tertiary alicyclic amines) is 2. The quantitative estimate of drug-likeness (QED) is 0.338. The number of hydrogen-bond donors (Lipinski definition) is 2. The summed E-state index contributed by atoms with van der Waals surface area (Å²) in [4.78, 5) is 20.7.